The number of rotatable bonds is 4. The first-order chi connectivity index (χ1) is 13.2. The summed E-state index contributed by atoms with van der Waals surface area (Å²) in [6.07, 6.45) is 2.63. The number of para-hydroxylation sites is 2. The molecule has 2 heterocycles. The zero-order chi connectivity index (χ0) is 18.6. The quantitative estimate of drug-likeness (QED) is 0.854. The number of nitrogens with one attached hydrogen (secondary N) is 1. The Morgan fingerprint density at radius 1 is 0.889 bits per heavy atom. The fourth-order valence-electron chi connectivity index (χ4n) is 3.86. The Hall–Kier alpha value is -2.24. The van der Waals surface area contributed by atoms with Gasteiger partial charge in [0.25, 0.3) is 0 Å². The molecule has 2 aliphatic rings. The van der Waals surface area contributed by atoms with Crippen LogP contribution in [0, 0.1) is 0 Å². The van der Waals surface area contributed by atoms with E-state index in [9.17, 15) is 4.79 Å². The van der Waals surface area contributed by atoms with Crippen molar-refractivity contribution in [3.05, 3.63) is 53.6 Å². The third-order valence-corrected chi connectivity index (χ3v) is 5.58. The highest BCUT2D eigenvalue weighted by Gasteiger charge is 2.27. The van der Waals surface area contributed by atoms with Crippen molar-refractivity contribution in [1.29, 1.82) is 0 Å². The maximum Gasteiger partial charge on any atom is 0.326 e. The van der Waals surface area contributed by atoms with Crippen molar-refractivity contribution in [2.45, 2.75) is 12.8 Å². The average molecular weight is 385 g/mol. The van der Waals surface area contributed by atoms with Crippen LogP contribution in [0.4, 0.5) is 21.9 Å². The maximum absolute atomic E-state index is 12.8. The number of hydrogen-bond donors (Lipinski definition) is 1. The van der Waals surface area contributed by atoms with Gasteiger partial charge in [-0.3, -0.25) is 4.90 Å². The molecule has 0 spiro atoms. The van der Waals surface area contributed by atoms with Crippen LogP contribution in [0.5, 0.6) is 0 Å². The normalized spacial score (nSPS) is 17.1. The summed E-state index contributed by atoms with van der Waals surface area (Å²) in [5.41, 5.74) is 2.85. The van der Waals surface area contributed by atoms with Crippen molar-refractivity contribution in [3.8, 4) is 0 Å². The van der Waals surface area contributed by atoms with Gasteiger partial charge in [0.05, 0.1) is 11.4 Å². The Labute approximate surface area is 165 Å². The van der Waals surface area contributed by atoms with Gasteiger partial charge in [-0.15, -0.1) is 0 Å². The lowest BCUT2D eigenvalue weighted by atomic mass is 10.1. The summed E-state index contributed by atoms with van der Waals surface area (Å²) in [5.74, 6) is 0. The minimum absolute atomic E-state index is 0.107. The Balaban J connectivity index is 1.46. The molecule has 1 fully saturated rings. The van der Waals surface area contributed by atoms with Gasteiger partial charge >= 0.3 is 6.03 Å². The Bertz CT molecular complexity index is 789. The van der Waals surface area contributed by atoms with Crippen LogP contribution in [0.25, 0.3) is 0 Å². The van der Waals surface area contributed by atoms with Crippen LogP contribution in [0.2, 0.25) is 5.02 Å². The van der Waals surface area contributed by atoms with Crippen LogP contribution in [-0.4, -0.2) is 50.2 Å². The third kappa shape index (κ3) is 4.20. The molecule has 2 aromatic carbocycles. The van der Waals surface area contributed by atoms with E-state index in [2.05, 4.69) is 21.2 Å². The molecule has 4 rings (SSSR count). The van der Waals surface area contributed by atoms with Gasteiger partial charge < -0.3 is 15.1 Å². The molecule has 0 bridgehead atoms. The summed E-state index contributed by atoms with van der Waals surface area (Å²) < 4.78 is 0. The number of nitrogens with zero attached hydrogens (tertiary/aromatic N) is 3. The SMILES string of the molecule is O=C(Nc1ccc(Cl)cc1)N1CCN(CCN2CCCC2)c2ccccc21. The zero-order valence-electron chi connectivity index (χ0n) is 15.4. The monoisotopic (exact) mass is 384 g/mol. The smallest absolute Gasteiger partial charge is 0.326 e. The molecule has 0 aliphatic carbocycles. The number of carbonyl (C=O) groups excluding carboxylic acids is 1. The van der Waals surface area contributed by atoms with Crippen LogP contribution in [-0.2, 0) is 0 Å². The minimum Gasteiger partial charge on any atom is -0.367 e. The van der Waals surface area contributed by atoms with Gasteiger partial charge in [0.2, 0.25) is 0 Å². The fraction of sp³-hybridized carbons (Fsp3) is 0.381. The van der Waals surface area contributed by atoms with E-state index in [1.54, 1.807) is 12.1 Å². The van der Waals surface area contributed by atoms with E-state index >= 15 is 0 Å². The summed E-state index contributed by atoms with van der Waals surface area (Å²) >= 11 is 5.92. The van der Waals surface area contributed by atoms with E-state index in [0.717, 1.165) is 36.7 Å². The summed E-state index contributed by atoms with van der Waals surface area (Å²) in [4.78, 5) is 19.6. The standard InChI is InChI=1S/C21H25ClN4O/c22-17-7-9-18(10-8-17)23-21(27)26-16-15-25(14-13-24-11-3-4-12-24)19-5-1-2-6-20(19)26/h1-2,5-10H,3-4,11-16H2,(H,23,27). The lowest BCUT2D eigenvalue weighted by molar-refractivity contribution is 0.256. The molecule has 2 aliphatic heterocycles. The first-order valence-electron chi connectivity index (χ1n) is 9.61. The van der Waals surface area contributed by atoms with Crippen molar-refractivity contribution >= 4 is 34.7 Å². The second kappa shape index (κ2) is 8.19. The number of likely N-dealkylation sites (tertiary alicyclic amines) is 1. The van der Waals surface area contributed by atoms with Gasteiger partial charge in [-0.25, -0.2) is 4.79 Å². The van der Waals surface area contributed by atoms with E-state index in [0.29, 0.717) is 11.6 Å². The van der Waals surface area contributed by atoms with E-state index in [-0.39, 0.29) is 6.03 Å². The van der Waals surface area contributed by atoms with Crippen molar-refractivity contribution in [3.63, 3.8) is 0 Å². The minimum atomic E-state index is -0.107. The molecule has 6 heteroatoms. The van der Waals surface area contributed by atoms with Crippen LogP contribution in [0.1, 0.15) is 12.8 Å². The molecule has 142 valence electrons. The van der Waals surface area contributed by atoms with E-state index in [4.69, 9.17) is 11.6 Å². The average Bonchev–Trinajstić information content (AvgIpc) is 3.21. The number of benzene rings is 2. The van der Waals surface area contributed by atoms with Crippen molar-refractivity contribution in [2.75, 3.05) is 54.4 Å². The summed E-state index contributed by atoms with van der Waals surface area (Å²) in [5, 5.41) is 3.63. The predicted octanol–water partition coefficient (Wildman–Crippen LogP) is 4.29. The number of urea groups is 1. The molecule has 0 radical (unpaired) electrons. The zero-order valence-corrected chi connectivity index (χ0v) is 16.2. The molecule has 0 atom stereocenters. The van der Waals surface area contributed by atoms with Crippen molar-refractivity contribution < 1.29 is 4.79 Å². The Morgan fingerprint density at radius 3 is 2.33 bits per heavy atom. The number of amides is 2. The highest BCUT2D eigenvalue weighted by atomic mass is 35.5. The van der Waals surface area contributed by atoms with Crippen molar-refractivity contribution in [1.82, 2.24) is 4.90 Å². The molecule has 0 aromatic heterocycles. The molecule has 1 N–H and O–H groups in total. The van der Waals surface area contributed by atoms with E-state index in [1.165, 1.54) is 25.9 Å². The molecular weight excluding hydrogens is 360 g/mol. The van der Waals surface area contributed by atoms with Gasteiger partial charge in [-0.2, -0.15) is 0 Å². The number of fused-ring (bicyclic) bond motifs is 1. The van der Waals surface area contributed by atoms with Crippen molar-refractivity contribution in [2.24, 2.45) is 0 Å². The van der Waals surface area contributed by atoms with Gasteiger partial charge in [0.15, 0.2) is 0 Å². The Kier molecular flexibility index (Phi) is 5.50. The number of halogens is 1. The summed E-state index contributed by atoms with van der Waals surface area (Å²) in [6, 6.07) is 15.3. The lowest BCUT2D eigenvalue weighted by Crippen LogP contribution is -2.47. The second-order valence-electron chi connectivity index (χ2n) is 7.11. The molecule has 1 saturated heterocycles. The van der Waals surface area contributed by atoms with Crippen LogP contribution < -0.4 is 15.1 Å². The van der Waals surface area contributed by atoms with Crippen LogP contribution >= 0.6 is 11.6 Å². The molecule has 0 saturated carbocycles. The number of carbonyl (C=O) groups is 1. The van der Waals surface area contributed by atoms with Gasteiger partial charge in [-0.1, -0.05) is 23.7 Å². The highest BCUT2D eigenvalue weighted by molar-refractivity contribution is 6.30. The predicted molar refractivity (Wildman–Crippen MR) is 112 cm³/mol. The first kappa shape index (κ1) is 18.1. The molecule has 2 amide bonds. The largest absolute Gasteiger partial charge is 0.367 e. The second-order valence-corrected chi connectivity index (χ2v) is 7.55. The highest BCUT2D eigenvalue weighted by Crippen LogP contribution is 2.33. The Morgan fingerprint density at radius 2 is 1.59 bits per heavy atom. The van der Waals surface area contributed by atoms with Crippen LogP contribution in [0.3, 0.4) is 0 Å². The topological polar surface area (TPSA) is 38.8 Å². The molecule has 27 heavy (non-hydrogen) atoms. The third-order valence-electron chi connectivity index (χ3n) is 5.33. The molecule has 0 unspecified atom stereocenters. The summed E-state index contributed by atoms with van der Waals surface area (Å²) in [6.45, 7) is 6.04. The van der Waals surface area contributed by atoms with E-state index in [1.807, 2.05) is 35.2 Å². The fourth-order valence-corrected chi connectivity index (χ4v) is 3.98. The first-order valence-corrected chi connectivity index (χ1v) is 9.99. The molecule has 5 nitrogen and oxygen atoms in total. The lowest BCUT2D eigenvalue weighted by Gasteiger charge is -2.38. The summed E-state index contributed by atoms with van der Waals surface area (Å²) in [7, 11) is 0. The van der Waals surface area contributed by atoms with Crippen LogP contribution in [0.15, 0.2) is 48.5 Å². The number of hydrogen-bond acceptors (Lipinski definition) is 3. The maximum atomic E-state index is 12.8. The van der Waals surface area contributed by atoms with Gasteiger partial charge in [0, 0.05) is 36.9 Å². The van der Waals surface area contributed by atoms with E-state index < -0.39 is 0 Å². The molecule has 2 aromatic rings. The molecular formula is C21H25ClN4O. The number of anilines is 3. The van der Waals surface area contributed by atoms with Gasteiger partial charge in [-0.05, 0) is 62.3 Å². The van der Waals surface area contributed by atoms with Gasteiger partial charge in [0.1, 0.15) is 0 Å².